The van der Waals surface area contributed by atoms with E-state index in [0.717, 1.165) is 11.1 Å². The molecule has 1 heterocycles. The van der Waals surface area contributed by atoms with Crippen molar-refractivity contribution in [2.24, 2.45) is 5.73 Å². The number of benzene rings is 1. The SMILES string of the molecule is Cc1ccc(C2(N)CS(=O)(=O)C2)cc1. The first kappa shape index (κ1) is 9.68. The molecule has 1 fully saturated rings. The van der Waals surface area contributed by atoms with Crippen molar-refractivity contribution in [1.29, 1.82) is 0 Å². The molecule has 2 N–H and O–H groups in total. The Morgan fingerprint density at radius 2 is 1.71 bits per heavy atom. The number of nitrogens with two attached hydrogens (primary N) is 1. The molecule has 0 radical (unpaired) electrons. The van der Waals surface area contributed by atoms with Crippen molar-refractivity contribution in [1.82, 2.24) is 0 Å². The van der Waals surface area contributed by atoms with E-state index < -0.39 is 15.4 Å². The van der Waals surface area contributed by atoms with E-state index in [4.69, 9.17) is 5.73 Å². The fourth-order valence-electron chi connectivity index (χ4n) is 1.79. The molecule has 14 heavy (non-hydrogen) atoms. The first-order valence-electron chi connectivity index (χ1n) is 4.48. The minimum absolute atomic E-state index is 0.0725. The van der Waals surface area contributed by atoms with Crippen molar-refractivity contribution >= 4 is 9.84 Å². The molecule has 4 heteroatoms. The van der Waals surface area contributed by atoms with Crippen LogP contribution in [0.5, 0.6) is 0 Å². The predicted octanol–water partition coefficient (Wildman–Crippen LogP) is 0.577. The summed E-state index contributed by atoms with van der Waals surface area (Å²) in [7, 11) is -2.87. The van der Waals surface area contributed by atoms with Crippen LogP contribution in [0, 0.1) is 6.92 Å². The summed E-state index contributed by atoms with van der Waals surface area (Å²) in [6.45, 7) is 1.99. The van der Waals surface area contributed by atoms with Gasteiger partial charge in [-0.15, -0.1) is 0 Å². The first-order chi connectivity index (χ1) is 6.41. The van der Waals surface area contributed by atoms with Crippen LogP contribution in [0.2, 0.25) is 0 Å². The maximum absolute atomic E-state index is 11.1. The van der Waals surface area contributed by atoms with E-state index in [1.165, 1.54) is 0 Å². The fraction of sp³-hybridized carbons (Fsp3) is 0.400. The van der Waals surface area contributed by atoms with E-state index in [1.807, 2.05) is 31.2 Å². The molecule has 0 aromatic heterocycles. The van der Waals surface area contributed by atoms with Crippen molar-refractivity contribution < 1.29 is 8.42 Å². The molecule has 0 unspecified atom stereocenters. The highest BCUT2D eigenvalue weighted by Crippen LogP contribution is 2.31. The van der Waals surface area contributed by atoms with Gasteiger partial charge in [-0.2, -0.15) is 0 Å². The molecule has 1 saturated heterocycles. The van der Waals surface area contributed by atoms with Gasteiger partial charge in [0.15, 0.2) is 9.84 Å². The Labute approximate surface area is 83.9 Å². The second kappa shape index (κ2) is 2.81. The summed E-state index contributed by atoms with van der Waals surface area (Å²) >= 11 is 0. The van der Waals surface area contributed by atoms with Crippen LogP contribution in [0.15, 0.2) is 24.3 Å². The van der Waals surface area contributed by atoms with Crippen LogP contribution in [0.25, 0.3) is 0 Å². The van der Waals surface area contributed by atoms with Gasteiger partial charge in [0.05, 0.1) is 17.0 Å². The lowest BCUT2D eigenvalue weighted by Crippen LogP contribution is -2.58. The third kappa shape index (κ3) is 1.55. The monoisotopic (exact) mass is 211 g/mol. The molecule has 0 atom stereocenters. The lowest BCUT2D eigenvalue weighted by atomic mass is 9.93. The number of hydrogen-bond acceptors (Lipinski definition) is 3. The molecule has 76 valence electrons. The summed E-state index contributed by atoms with van der Waals surface area (Å²) in [6, 6.07) is 7.72. The Bertz CT molecular complexity index is 436. The first-order valence-corrected chi connectivity index (χ1v) is 6.30. The van der Waals surface area contributed by atoms with Crippen LogP contribution in [-0.2, 0) is 15.4 Å². The third-order valence-electron chi connectivity index (χ3n) is 2.58. The molecule has 0 spiro atoms. The molecule has 1 aromatic carbocycles. The highest BCUT2D eigenvalue weighted by atomic mass is 32.2. The Morgan fingerprint density at radius 3 is 2.14 bits per heavy atom. The smallest absolute Gasteiger partial charge is 0.154 e. The van der Waals surface area contributed by atoms with Gasteiger partial charge in [0.25, 0.3) is 0 Å². The predicted molar refractivity (Wildman–Crippen MR) is 55.7 cm³/mol. The van der Waals surface area contributed by atoms with E-state index in [-0.39, 0.29) is 11.5 Å². The van der Waals surface area contributed by atoms with Crippen LogP contribution < -0.4 is 5.73 Å². The topological polar surface area (TPSA) is 60.2 Å². The molecule has 1 aromatic rings. The number of hydrogen-bond donors (Lipinski definition) is 1. The van der Waals surface area contributed by atoms with Crippen molar-refractivity contribution in [3.05, 3.63) is 35.4 Å². The number of rotatable bonds is 1. The van der Waals surface area contributed by atoms with Gasteiger partial charge in [-0.3, -0.25) is 0 Å². The summed E-state index contributed by atoms with van der Waals surface area (Å²) in [6.07, 6.45) is 0. The van der Waals surface area contributed by atoms with Crippen LogP contribution in [0.4, 0.5) is 0 Å². The normalized spacial score (nSPS) is 22.7. The average Bonchev–Trinajstić information content (AvgIpc) is 2.01. The molecule has 2 rings (SSSR count). The van der Waals surface area contributed by atoms with E-state index in [2.05, 4.69) is 0 Å². The zero-order chi connectivity index (χ0) is 10.4. The van der Waals surface area contributed by atoms with E-state index in [1.54, 1.807) is 0 Å². The molecule has 0 saturated carbocycles. The maximum Gasteiger partial charge on any atom is 0.154 e. The lowest BCUT2D eigenvalue weighted by molar-refractivity contribution is 0.472. The van der Waals surface area contributed by atoms with Crippen LogP contribution in [0.1, 0.15) is 11.1 Å². The second-order valence-electron chi connectivity index (χ2n) is 4.05. The van der Waals surface area contributed by atoms with Crippen molar-refractivity contribution in [2.45, 2.75) is 12.5 Å². The van der Waals surface area contributed by atoms with Gasteiger partial charge in [0.1, 0.15) is 0 Å². The van der Waals surface area contributed by atoms with Crippen molar-refractivity contribution in [3.8, 4) is 0 Å². The van der Waals surface area contributed by atoms with Crippen LogP contribution in [0.3, 0.4) is 0 Å². The van der Waals surface area contributed by atoms with Gasteiger partial charge < -0.3 is 5.73 Å². The zero-order valence-corrected chi connectivity index (χ0v) is 8.84. The van der Waals surface area contributed by atoms with E-state index in [0.29, 0.717) is 0 Å². The molecular formula is C10H13NO2S. The van der Waals surface area contributed by atoms with Gasteiger partial charge in [0.2, 0.25) is 0 Å². The largest absolute Gasteiger partial charge is 0.320 e. The Hall–Kier alpha value is -0.870. The van der Waals surface area contributed by atoms with Gasteiger partial charge in [-0.05, 0) is 12.5 Å². The molecule has 0 amide bonds. The van der Waals surface area contributed by atoms with Gasteiger partial charge in [0, 0.05) is 0 Å². The highest BCUT2D eigenvalue weighted by Gasteiger charge is 2.46. The molecule has 3 nitrogen and oxygen atoms in total. The molecule has 1 aliphatic heterocycles. The average molecular weight is 211 g/mol. The molecule has 1 aliphatic rings. The second-order valence-corrected chi connectivity index (χ2v) is 6.12. The third-order valence-corrected chi connectivity index (χ3v) is 4.49. The summed E-state index contributed by atoms with van der Waals surface area (Å²) in [4.78, 5) is 0. The number of sulfone groups is 1. The maximum atomic E-state index is 11.1. The summed E-state index contributed by atoms with van der Waals surface area (Å²) in [5.74, 6) is 0.145. The summed E-state index contributed by atoms with van der Waals surface area (Å²) in [5, 5.41) is 0. The van der Waals surface area contributed by atoms with Crippen LogP contribution in [-0.4, -0.2) is 19.9 Å². The summed E-state index contributed by atoms with van der Waals surface area (Å²) in [5.41, 5.74) is 7.39. The minimum atomic E-state index is -2.87. The van der Waals surface area contributed by atoms with Gasteiger partial charge >= 0.3 is 0 Å². The minimum Gasteiger partial charge on any atom is -0.320 e. The fourth-order valence-corrected chi connectivity index (χ4v) is 3.61. The standard InChI is InChI=1S/C10H13NO2S/c1-8-2-4-9(5-3-8)10(11)6-14(12,13)7-10/h2-5H,6-7,11H2,1H3. The molecule has 0 aliphatic carbocycles. The quantitative estimate of drug-likeness (QED) is 0.739. The molecule has 0 bridgehead atoms. The van der Waals surface area contributed by atoms with Gasteiger partial charge in [-0.25, -0.2) is 8.42 Å². The lowest BCUT2D eigenvalue weighted by Gasteiger charge is -2.37. The Kier molecular flexibility index (Phi) is 1.94. The summed E-state index contributed by atoms with van der Waals surface area (Å²) < 4.78 is 22.1. The molecular weight excluding hydrogens is 198 g/mol. The zero-order valence-electron chi connectivity index (χ0n) is 8.03. The van der Waals surface area contributed by atoms with Gasteiger partial charge in [-0.1, -0.05) is 29.8 Å². The van der Waals surface area contributed by atoms with E-state index >= 15 is 0 Å². The van der Waals surface area contributed by atoms with Crippen LogP contribution >= 0.6 is 0 Å². The highest BCUT2D eigenvalue weighted by molar-refractivity contribution is 7.93. The van der Waals surface area contributed by atoms with Crippen molar-refractivity contribution in [2.75, 3.05) is 11.5 Å². The van der Waals surface area contributed by atoms with E-state index in [9.17, 15) is 8.42 Å². The number of aryl methyl sites for hydroxylation is 1. The Morgan fingerprint density at radius 1 is 1.21 bits per heavy atom. The Balaban J connectivity index is 2.29. The van der Waals surface area contributed by atoms with Crippen molar-refractivity contribution in [3.63, 3.8) is 0 Å².